The number of nitriles is 1. The van der Waals surface area contributed by atoms with Crippen LogP contribution >= 0.6 is 0 Å². The molecule has 0 aliphatic heterocycles. The quantitative estimate of drug-likeness (QED) is 0.809. The third kappa shape index (κ3) is 2.30. The van der Waals surface area contributed by atoms with E-state index in [0.717, 1.165) is 17.2 Å². The maximum absolute atomic E-state index is 8.92. The molecule has 0 aliphatic rings. The van der Waals surface area contributed by atoms with Gasteiger partial charge in [-0.05, 0) is 38.1 Å². The third-order valence-corrected chi connectivity index (χ3v) is 2.79. The van der Waals surface area contributed by atoms with Crippen molar-refractivity contribution in [3.8, 4) is 6.07 Å². The minimum Gasteiger partial charge on any atom is -0.464 e. The Morgan fingerprint density at radius 3 is 2.72 bits per heavy atom. The molecule has 3 N–H and O–H groups in total. The van der Waals surface area contributed by atoms with Crippen LogP contribution in [0.15, 0.2) is 34.7 Å². The van der Waals surface area contributed by atoms with Crippen LogP contribution in [0, 0.1) is 18.3 Å². The van der Waals surface area contributed by atoms with Gasteiger partial charge in [0.25, 0.3) is 0 Å². The van der Waals surface area contributed by atoms with E-state index < -0.39 is 0 Å². The van der Waals surface area contributed by atoms with Crippen molar-refractivity contribution < 1.29 is 4.42 Å². The van der Waals surface area contributed by atoms with Gasteiger partial charge in [0.15, 0.2) is 0 Å². The van der Waals surface area contributed by atoms with Gasteiger partial charge in [0, 0.05) is 0 Å². The van der Waals surface area contributed by atoms with Crippen molar-refractivity contribution in [2.45, 2.75) is 19.9 Å². The lowest BCUT2D eigenvalue weighted by Crippen LogP contribution is -2.08. The first kappa shape index (κ1) is 12.1. The summed E-state index contributed by atoms with van der Waals surface area (Å²) < 4.78 is 5.55. The second-order valence-electron chi connectivity index (χ2n) is 4.19. The normalized spacial score (nSPS) is 11.8. The molecule has 4 nitrogen and oxygen atoms in total. The molecule has 0 amide bonds. The molecule has 0 aliphatic carbocycles. The zero-order chi connectivity index (χ0) is 13.1. The van der Waals surface area contributed by atoms with Crippen molar-refractivity contribution in [2.75, 3.05) is 11.1 Å². The Balaban J connectivity index is 2.22. The molecule has 1 atom stereocenters. The van der Waals surface area contributed by atoms with Crippen LogP contribution in [0.3, 0.4) is 0 Å². The van der Waals surface area contributed by atoms with E-state index >= 15 is 0 Å². The average Bonchev–Trinajstić information content (AvgIpc) is 2.78. The van der Waals surface area contributed by atoms with E-state index in [-0.39, 0.29) is 6.04 Å². The number of benzene rings is 1. The number of para-hydroxylation sites is 1. The first-order valence-electron chi connectivity index (χ1n) is 5.73. The minimum atomic E-state index is -0.00468. The molecule has 0 bridgehead atoms. The van der Waals surface area contributed by atoms with Gasteiger partial charge < -0.3 is 15.5 Å². The second kappa shape index (κ2) is 4.84. The molecule has 18 heavy (non-hydrogen) atoms. The van der Waals surface area contributed by atoms with Gasteiger partial charge in [0.1, 0.15) is 17.6 Å². The largest absolute Gasteiger partial charge is 0.464 e. The predicted molar refractivity (Wildman–Crippen MR) is 71.1 cm³/mol. The SMILES string of the molecule is Cc1ccc(C(C)Nc2cccc(C#N)c2N)o1. The Morgan fingerprint density at radius 2 is 2.11 bits per heavy atom. The molecule has 0 spiro atoms. The molecule has 2 rings (SSSR count). The molecule has 0 fully saturated rings. The fraction of sp³-hybridized carbons (Fsp3) is 0.214. The summed E-state index contributed by atoms with van der Waals surface area (Å²) in [6.45, 7) is 3.89. The molecule has 0 saturated heterocycles. The number of nitrogens with one attached hydrogen (secondary N) is 1. The molecular formula is C14H15N3O. The summed E-state index contributed by atoms with van der Waals surface area (Å²) in [6, 6.07) is 11.3. The van der Waals surface area contributed by atoms with Crippen molar-refractivity contribution in [1.82, 2.24) is 0 Å². The number of nitrogens with two attached hydrogens (primary N) is 1. The van der Waals surface area contributed by atoms with Crippen molar-refractivity contribution >= 4 is 11.4 Å². The minimum absolute atomic E-state index is 0.00468. The number of nitrogens with zero attached hydrogens (tertiary/aromatic N) is 1. The van der Waals surface area contributed by atoms with Gasteiger partial charge in [-0.1, -0.05) is 6.07 Å². The number of hydrogen-bond donors (Lipinski definition) is 2. The van der Waals surface area contributed by atoms with Crippen LogP contribution < -0.4 is 11.1 Å². The average molecular weight is 241 g/mol. The third-order valence-electron chi connectivity index (χ3n) is 2.79. The van der Waals surface area contributed by atoms with Crippen LogP contribution in [-0.2, 0) is 0 Å². The number of aryl methyl sites for hydroxylation is 1. The maximum Gasteiger partial charge on any atom is 0.126 e. The Morgan fingerprint density at radius 1 is 1.33 bits per heavy atom. The molecule has 0 saturated carbocycles. The van der Waals surface area contributed by atoms with Gasteiger partial charge in [0.2, 0.25) is 0 Å². The zero-order valence-corrected chi connectivity index (χ0v) is 10.4. The lowest BCUT2D eigenvalue weighted by molar-refractivity contribution is 0.467. The first-order chi connectivity index (χ1) is 8.61. The molecule has 92 valence electrons. The Hall–Kier alpha value is -2.41. The van der Waals surface area contributed by atoms with Crippen LogP contribution in [0.5, 0.6) is 0 Å². The van der Waals surface area contributed by atoms with Crippen molar-refractivity contribution in [3.05, 3.63) is 47.4 Å². The predicted octanol–water partition coefficient (Wildman–Crippen LogP) is 3.22. The van der Waals surface area contributed by atoms with Crippen LogP contribution in [-0.4, -0.2) is 0 Å². The van der Waals surface area contributed by atoms with E-state index in [1.807, 2.05) is 32.0 Å². The number of hydrogen-bond acceptors (Lipinski definition) is 4. The summed E-state index contributed by atoms with van der Waals surface area (Å²) in [5.41, 5.74) is 7.60. The van der Waals surface area contributed by atoms with Crippen molar-refractivity contribution in [2.24, 2.45) is 0 Å². The molecule has 1 unspecified atom stereocenters. The zero-order valence-electron chi connectivity index (χ0n) is 10.4. The molecule has 1 aromatic carbocycles. The highest BCUT2D eigenvalue weighted by atomic mass is 16.3. The number of furan rings is 1. The highest BCUT2D eigenvalue weighted by molar-refractivity contribution is 5.73. The van der Waals surface area contributed by atoms with Crippen molar-refractivity contribution in [3.63, 3.8) is 0 Å². The van der Waals surface area contributed by atoms with Gasteiger partial charge >= 0.3 is 0 Å². The van der Waals surface area contributed by atoms with Gasteiger partial charge in [-0.3, -0.25) is 0 Å². The van der Waals surface area contributed by atoms with Gasteiger partial charge in [-0.2, -0.15) is 5.26 Å². The van der Waals surface area contributed by atoms with E-state index in [1.165, 1.54) is 0 Å². The molecule has 0 radical (unpaired) electrons. The lowest BCUT2D eigenvalue weighted by atomic mass is 10.1. The smallest absolute Gasteiger partial charge is 0.126 e. The summed E-state index contributed by atoms with van der Waals surface area (Å²) >= 11 is 0. The molecule has 1 heterocycles. The topological polar surface area (TPSA) is 75.0 Å². The van der Waals surface area contributed by atoms with Crippen molar-refractivity contribution in [1.29, 1.82) is 5.26 Å². The molecule has 1 aromatic heterocycles. The Labute approximate surface area is 106 Å². The van der Waals surface area contributed by atoms with E-state index in [1.54, 1.807) is 12.1 Å². The summed E-state index contributed by atoms with van der Waals surface area (Å²) in [6.07, 6.45) is 0. The fourth-order valence-corrected chi connectivity index (χ4v) is 1.78. The Kier molecular flexibility index (Phi) is 3.24. The lowest BCUT2D eigenvalue weighted by Gasteiger charge is -2.15. The van der Waals surface area contributed by atoms with Crippen LogP contribution in [0.1, 0.15) is 30.0 Å². The van der Waals surface area contributed by atoms with Gasteiger partial charge in [-0.15, -0.1) is 0 Å². The monoisotopic (exact) mass is 241 g/mol. The summed E-state index contributed by atoms with van der Waals surface area (Å²) in [5, 5.41) is 12.2. The maximum atomic E-state index is 8.92. The molecule has 4 heteroatoms. The Bertz CT molecular complexity index is 595. The number of rotatable bonds is 3. The summed E-state index contributed by atoms with van der Waals surface area (Å²) in [5.74, 6) is 1.71. The van der Waals surface area contributed by atoms with E-state index in [9.17, 15) is 0 Å². The highest BCUT2D eigenvalue weighted by Gasteiger charge is 2.12. The standard InChI is InChI=1S/C14H15N3O/c1-9-6-7-13(18-9)10(2)17-12-5-3-4-11(8-15)14(12)16/h3-7,10,17H,16H2,1-2H3. The number of anilines is 2. The molecular weight excluding hydrogens is 226 g/mol. The van der Waals surface area contributed by atoms with E-state index in [0.29, 0.717) is 11.3 Å². The summed E-state index contributed by atoms with van der Waals surface area (Å²) in [7, 11) is 0. The van der Waals surface area contributed by atoms with Gasteiger partial charge in [-0.25, -0.2) is 0 Å². The summed E-state index contributed by atoms with van der Waals surface area (Å²) in [4.78, 5) is 0. The fourth-order valence-electron chi connectivity index (χ4n) is 1.78. The van der Waals surface area contributed by atoms with Crippen LogP contribution in [0.4, 0.5) is 11.4 Å². The van der Waals surface area contributed by atoms with E-state index in [4.69, 9.17) is 15.4 Å². The second-order valence-corrected chi connectivity index (χ2v) is 4.19. The van der Waals surface area contributed by atoms with E-state index in [2.05, 4.69) is 11.4 Å². The first-order valence-corrected chi connectivity index (χ1v) is 5.73. The van der Waals surface area contributed by atoms with Crippen LogP contribution in [0.25, 0.3) is 0 Å². The van der Waals surface area contributed by atoms with Crippen LogP contribution in [0.2, 0.25) is 0 Å². The molecule has 2 aromatic rings. The van der Waals surface area contributed by atoms with Gasteiger partial charge in [0.05, 0.1) is 23.0 Å². The highest BCUT2D eigenvalue weighted by Crippen LogP contribution is 2.27. The number of nitrogen functional groups attached to an aromatic ring is 1.